The molecule has 178 valence electrons. The number of rotatable bonds is 5. The van der Waals surface area contributed by atoms with Crippen molar-refractivity contribution in [2.75, 3.05) is 25.2 Å². The van der Waals surface area contributed by atoms with E-state index in [0.717, 1.165) is 16.4 Å². The van der Waals surface area contributed by atoms with E-state index < -0.39 is 23.3 Å². The Labute approximate surface area is 196 Å². The zero-order valence-corrected chi connectivity index (χ0v) is 18.7. The maximum atomic E-state index is 13.7. The van der Waals surface area contributed by atoms with Crippen molar-refractivity contribution < 1.29 is 32.2 Å². The Bertz CT molecular complexity index is 1230. The highest BCUT2D eigenvalue weighted by atomic mass is 32.2. The van der Waals surface area contributed by atoms with Gasteiger partial charge in [0.25, 0.3) is 5.82 Å². The lowest BCUT2D eigenvalue weighted by molar-refractivity contribution is -0.147. The molecule has 0 aliphatic carbocycles. The molecule has 12 heteroatoms. The number of aromatic nitrogens is 3. The number of thioether (sulfide) groups is 1. The van der Waals surface area contributed by atoms with E-state index in [9.17, 15) is 18.0 Å². The second-order valence-electron chi connectivity index (χ2n) is 7.48. The van der Waals surface area contributed by atoms with Crippen molar-refractivity contribution in [1.82, 2.24) is 14.9 Å². The van der Waals surface area contributed by atoms with Crippen LogP contribution in [0.1, 0.15) is 34.7 Å². The summed E-state index contributed by atoms with van der Waals surface area (Å²) in [5.41, 5.74) is 3.71. The van der Waals surface area contributed by atoms with Gasteiger partial charge in [-0.15, -0.1) is 10.2 Å². The molecule has 3 heterocycles. The number of fused-ring (bicyclic) bond motifs is 2. The van der Waals surface area contributed by atoms with Gasteiger partial charge >= 0.3 is 6.18 Å². The van der Waals surface area contributed by atoms with Crippen LogP contribution in [0.4, 0.5) is 13.2 Å². The van der Waals surface area contributed by atoms with Crippen LogP contribution in [0.3, 0.4) is 0 Å². The number of benzene rings is 2. The summed E-state index contributed by atoms with van der Waals surface area (Å²) in [6.45, 7) is 2.93. The van der Waals surface area contributed by atoms with E-state index in [-0.39, 0.29) is 10.9 Å². The lowest BCUT2D eigenvalue weighted by atomic mass is 9.96. The Morgan fingerprint density at radius 1 is 1.18 bits per heavy atom. The molecule has 1 N–H and O–H groups in total. The Balaban J connectivity index is 1.58. The van der Waals surface area contributed by atoms with Gasteiger partial charge in [-0.3, -0.25) is 4.79 Å². The number of nitrogens with zero attached hydrogens (tertiary/aromatic N) is 3. The quantitative estimate of drug-likeness (QED) is 0.533. The van der Waals surface area contributed by atoms with Crippen LogP contribution in [-0.2, 0) is 6.18 Å². The predicted octanol–water partition coefficient (Wildman–Crippen LogP) is 4.11. The molecular formula is C22H19F3N4O4S. The molecule has 3 aromatic rings. The highest BCUT2D eigenvalue weighted by Gasteiger charge is 2.45. The van der Waals surface area contributed by atoms with Gasteiger partial charge in [-0.05, 0) is 31.2 Å². The van der Waals surface area contributed by atoms with Crippen LogP contribution in [0.25, 0.3) is 0 Å². The molecule has 0 saturated carbocycles. The van der Waals surface area contributed by atoms with Crippen molar-refractivity contribution in [2.24, 2.45) is 0 Å². The minimum absolute atomic E-state index is 0.0617. The van der Waals surface area contributed by atoms with Crippen molar-refractivity contribution in [3.8, 4) is 17.2 Å². The van der Waals surface area contributed by atoms with E-state index in [0.29, 0.717) is 48.2 Å². The van der Waals surface area contributed by atoms with Crippen LogP contribution >= 0.6 is 11.8 Å². The first-order valence-electron chi connectivity index (χ1n) is 10.5. The Morgan fingerprint density at radius 3 is 2.71 bits per heavy atom. The largest absolute Gasteiger partial charge is 0.494 e. The number of carbonyl (C=O) groups is 1. The van der Waals surface area contributed by atoms with Crippen molar-refractivity contribution in [1.29, 1.82) is 0 Å². The number of nitrogens with one attached hydrogen (secondary N) is 1. The lowest BCUT2D eigenvalue weighted by Gasteiger charge is -2.34. The molecule has 0 spiro atoms. The zero-order valence-electron chi connectivity index (χ0n) is 17.8. The summed E-state index contributed by atoms with van der Waals surface area (Å²) in [6.07, 6.45) is -4.73. The Hall–Kier alpha value is -3.41. The number of hydrogen-bond acceptors (Lipinski definition) is 8. The molecule has 8 nitrogen and oxygen atoms in total. The van der Waals surface area contributed by atoms with Gasteiger partial charge in [0, 0.05) is 11.1 Å². The smallest absolute Gasteiger partial charge is 0.453 e. The molecule has 1 aromatic heterocycles. The first-order chi connectivity index (χ1) is 16.4. The van der Waals surface area contributed by atoms with E-state index in [4.69, 9.17) is 14.2 Å². The predicted molar refractivity (Wildman–Crippen MR) is 116 cm³/mol. The van der Waals surface area contributed by atoms with Crippen molar-refractivity contribution in [3.05, 3.63) is 59.4 Å². The van der Waals surface area contributed by atoms with E-state index in [1.807, 2.05) is 0 Å². The Kier molecular flexibility index (Phi) is 5.76. The molecule has 0 bridgehead atoms. The van der Waals surface area contributed by atoms with Gasteiger partial charge in [-0.2, -0.15) is 13.2 Å². The molecule has 0 unspecified atom stereocenters. The fourth-order valence-electron chi connectivity index (χ4n) is 3.86. The average molecular weight is 492 g/mol. The summed E-state index contributed by atoms with van der Waals surface area (Å²) >= 11 is 0.914. The molecule has 34 heavy (non-hydrogen) atoms. The third-order valence-corrected chi connectivity index (χ3v) is 6.54. The average Bonchev–Trinajstić information content (AvgIpc) is 3.27. The van der Waals surface area contributed by atoms with E-state index >= 15 is 0 Å². The second-order valence-corrected chi connectivity index (χ2v) is 8.59. The van der Waals surface area contributed by atoms with Crippen LogP contribution in [0.5, 0.6) is 17.2 Å². The van der Waals surface area contributed by atoms with Gasteiger partial charge in [0.15, 0.2) is 17.3 Å². The summed E-state index contributed by atoms with van der Waals surface area (Å²) in [5, 5.41) is 6.06. The first kappa shape index (κ1) is 22.4. The van der Waals surface area contributed by atoms with Crippen molar-refractivity contribution in [2.45, 2.75) is 29.5 Å². The number of halogens is 3. The Morgan fingerprint density at radius 2 is 1.94 bits per heavy atom. The van der Waals surface area contributed by atoms with Crippen LogP contribution in [0.2, 0.25) is 0 Å². The fourth-order valence-corrected chi connectivity index (χ4v) is 5.00. The molecule has 2 atom stereocenters. The monoisotopic (exact) mass is 492 g/mol. The summed E-state index contributed by atoms with van der Waals surface area (Å²) < 4.78 is 58.2. The SMILES string of the molecule is CCOc1ccccc1[C@H]1Nn2c(nnc2C(F)(F)F)S[C@H]1C(=O)c1ccc2c(c1)OCCO2. The summed E-state index contributed by atoms with van der Waals surface area (Å²) in [4.78, 5) is 13.7. The summed E-state index contributed by atoms with van der Waals surface area (Å²) in [5.74, 6) is -0.0643. The standard InChI is InChI=1S/C22H19F3N4O4S/c1-2-31-14-6-4-3-5-13(14)17-19(34-21-27-26-20(22(23,24)25)29(21)28-17)18(30)12-7-8-15-16(11-12)33-10-9-32-15/h3-8,11,17,19,28H,2,9-10H2,1H3/t17-,19-/m1/s1. The molecule has 0 saturated heterocycles. The number of ether oxygens (including phenoxy) is 3. The number of alkyl halides is 3. The summed E-state index contributed by atoms with van der Waals surface area (Å²) in [6, 6.07) is 10.9. The number of Topliss-reactive ketones (excluding diaryl/α,β-unsaturated/α-hetero) is 1. The first-order valence-corrected chi connectivity index (χ1v) is 11.4. The third-order valence-electron chi connectivity index (χ3n) is 5.33. The molecule has 2 aliphatic rings. The highest BCUT2D eigenvalue weighted by Crippen LogP contribution is 2.43. The van der Waals surface area contributed by atoms with Gasteiger partial charge < -0.3 is 19.6 Å². The zero-order chi connectivity index (χ0) is 23.9. The molecule has 0 fully saturated rings. The highest BCUT2D eigenvalue weighted by molar-refractivity contribution is 8.00. The molecule has 5 rings (SSSR count). The molecule has 0 amide bonds. The third kappa shape index (κ3) is 4.02. The number of hydrogen-bond donors (Lipinski definition) is 1. The molecular weight excluding hydrogens is 473 g/mol. The topological polar surface area (TPSA) is 87.5 Å². The normalized spacial score (nSPS) is 19.2. The number of carbonyl (C=O) groups excluding carboxylic acids is 1. The van der Waals surface area contributed by atoms with E-state index in [2.05, 4.69) is 15.6 Å². The minimum Gasteiger partial charge on any atom is -0.494 e. The lowest BCUT2D eigenvalue weighted by Crippen LogP contribution is -2.40. The fraction of sp³-hybridized carbons (Fsp3) is 0.318. The molecule has 2 aliphatic heterocycles. The van der Waals surface area contributed by atoms with Crippen LogP contribution in [-0.4, -0.2) is 45.7 Å². The van der Waals surface area contributed by atoms with Crippen LogP contribution in [0.15, 0.2) is 47.6 Å². The van der Waals surface area contributed by atoms with Gasteiger partial charge in [0.1, 0.15) is 24.2 Å². The van der Waals surface area contributed by atoms with Crippen LogP contribution in [0, 0.1) is 0 Å². The maximum Gasteiger partial charge on any atom is 0.453 e. The van der Waals surface area contributed by atoms with Gasteiger partial charge in [0.2, 0.25) is 5.16 Å². The minimum atomic E-state index is -4.73. The number of para-hydroxylation sites is 1. The van der Waals surface area contributed by atoms with Gasteiger partial charge in [-0.1, -0.05) is 30.0 Å². The van der Waals surface area contributed by atoms with Crippen molar-refractivity contribution in [3.63, 3.8) is 0 Å². The van der Waals surface area contributed by atoms with Crippen molar-refractivity contribution >= 4 is 17.5 Å². The molecule has 2 aromatic carbocycles. The maximum absolute atomic E-state index is 13.7. The summed E-state index contributed by atoms with van der Waals surface area (Å²) in [7, 11) is 0. The van der Waals surface area contributed by atoms with Gasteiger partial charge in [0.05, 0.1) is 12.6 Å². The second kappa shape index (κ2) is 8.75. The van der Waals surface area contributed by atoms with E-state index in [1.54, 1.807) is 49.4 Å². The molecule has 0 radical (unpaired) electrons. The number of ketones is 1. The van der Waals surface area contributed by atoms with Crippen LogP contribution < -0.4 is 19.6 Å². The van der Waals surface area contributed by atoms with Gasteiger partial charge in [-0.25, -0.2) is 4.68 Å². The van der Waals surface area contributed by atoms with E-state index in [1.165, 1.54) is 0 Å².